The third-order valence-corrected chi connectivity index (χ3v) is 4.64. The second-order valence-corrected chi connectivity index (χ2v) is 7.03. The molecular formula is C20H27N3O3. The van der Waals surface area contributed by atoms with E-state index in [9.17, 15) is 4.79 Å². The molecule has 2 heterocycles. The van der Waals surface area contributed by atoms with E-state index in [2.05, 4.69) is 4.98 Å². The minimum Gasteiger partial charge on any atom is -0.497 e. The van der Waals surface area contributed by atoms with Gasteiger partial charge in [0.05, 0.1) is 19.9 Å². The van der Waals surface area contributed by atoms with Gasteiger partial charge in [0.1, 0.15) is 17.6 Å². The Labute approximate surface area is 154 Å². The van der Waals surface area contributed by atoms with Crippen LogP contribution in [0.25, 0.3) is 0 Å². The molecule has 1 amide bonds. The molecule has 6 nitrogen and oxygen atoms in total. The maximum Gasteiger partial charge on any atom is 0.237 e. The predicted octanol–water partition coefficient (Wildman–Crippen LogP) is 2.89. The molecule has 1 aliphatic rings. The number of aromatic nitrogens is 1. The Kier molecular flexibility index (Phi) is 5.93. The van der Waals surface area contributed by atoms with Crippen molar-refractivity contribution in [3.8, 4) is 5.75 Å². The van der Waals surface area contributed by atoms with Crippen LogP contribution in [0.2, 0.25) is 0 Å². The van der Waals surface area contributed by atoms with Crippen LogP contribution in [0.5, 0.6) is 5.75 Å². The molecule has 26 heavy (non-hydrogen) atoms. The number of hydrogen-bond donors (Lipinski definition) is 0. The SMILES string of the molecule is COc1cccc(Cc2cnc([C@H]3CCCCN3C(=O)CN(C)C)o2)c1. The molecule has 0 bridgehead atoms. The third kappa shape index (κ3) is 4.43. The van der Waals surface area contributed by atoms with Crippen molar-refractivity contribution >= 4 is 5.91 Å². The van der Waals surface area contributed by atoms with E-state index in [4.69, 9.17) is 9.15 Å². The van der Waals surface area contributed by atoms with Crippen LogP contribution in [0, 0.1) is 0 Å². The number of carbonyl (C=O) groups excluding carboxylic acids is 1. The minimum atomic E-state index is -0.0599. The van der Waals surface area contributed by atoms with Crippen molar-refractivity contribution in [1.82, 2.24) is 14.8 Å². The molecule has 1 aromatic heterocycles. The number of piperidine rings is 1. The van der Waals surface area contributed by atoms with Gasteiger partial charge in [-0.1, -0.05) is 12.1 Å². The molecule has 140 valence electrons. The molecule has 0 saturated carbocycles. The van der Waals surface area contributed by atoms with Crippen LogP contribution in [0.15, 0.2) is 34.9 Å². The van der Waals surface area contributed by atoms with E-state index >= 15 is 0 Å². The minimum absolute atomic E-state index is 0.0599. The Bertz CT molecular complexity index is 741. The fourth-order valence-corrected chi connectivity index (χ4v) is 3.39. The summed E-state index contributed by atoms with van der Waals surface area (Å²) in [6.07, 6.45) is 5.45. The van der Waals surface area contributed by atoms with Gasteiger partial charge >= 0.3 is 0 Å². The van der Waals surface area contributed by atoms with Crippen LogP contribution >= 0.6 is 0 Å². The van der Waals surface area contributed by atoms with Gasteiger partial charge in [-0.15, -0.1) is 0 Å². The molecule has 0 aliphatic carbocycles. The molecule has 2 aromatic rings. The molecule has 1 fully saturated rings. The fraction of sp³-hybridized carbons (Fsp3) is 0.500. The summed E-state index contributed by atoms with van der Waals surface area (Å²) in [6.45, 7) is 1.18. The molecule has 1 saturated heterocycles. The molecule has 1 aromatic carbocycles. The number of benzene rings is 1. The number of nitrogens with zero attached hydrogens (tertiary/aromatic N) is 3. The normalized spacial score (nSPS) is 17.5. The van der Waals surface area contributed by atoms with Crippen molar-refractivity contribution in [2.45, 2.75) is 31.7 Å². The zero-order chi connectivity index (χ0) is 18.5. The summed E-state index contributed by atoms with van der Waals surface area (Å²) in [6, 6.07) is 7.86. The molecule has 0 unspecified atom stereocenters. The van der Waals surface area contributed by atoms with Crippen molar-refractivity contribution in [2.75, 3.05) is 34.3 Å². The molecule has 0 radical (unpaired) electrons. The Hall–Kier alpha value is -2.34. The standard InChI is InChI=1S/C20H27N3O3/c1-22(2)14-19(24)23-10-5-4-9-18(23)20-21-13-17(26-20)12-15-7-6-8-16(11-15)25-3/h6-8,11,13,18H,4-5,9-10,12,14H2,1-3H3/t18-/m1/s1. The lowest BCUT2D eigenvalue weighted by Crippen LogP contribution is -2.42. The number of oxazole rings is 1. The smallest absolute Gasteiger partial charge is 0.237 e. The van der Waals surface area contributed by atoms with Crippen molar-refractivity contribution in [3.05, 3.63) is 47.7 Å². The van der Waals surface area contributed by atoms with Gasteiger partial charge in [0.15, 0.2) is 0 Å². The Morgan fingerprint density at radius 1 is 1.38 bits per heavy atom. The van der Waals surface area contributed by atoms with Gasteiger partial charge in [0, 0.05) is 13.0 Å². The van der Waals surface area contributed by atoms with Gasteiger partial charge in [-0.3, -0.25) is 4.79 Å². The van der Waals surface area contributed by atoms with Crippen LogP contribution in [-0.2, 0) is 11.2 Å². The quantitative estimate of drug-likeness (QED) is 0.796. The van der Waals surface area contributed by atoms with Gasteiger partial charge < -0.3 is 19.0 Å². The average molecular weight is 357 g/mol. The average Bonchev–Trinajstić information content (AvgIpc) is 3.09. The van der Waals surface area contributed by atoms with Gasteiger partial charge in [0.2, 0.25) is 11.8 Å². The van der Waals surface area contributed by atoms with E-state index in [1.807, 2.05) is 48.2 Å². The summed E-state index contributed by atoms with van der Waals surface area (Å²) in [7, 11) is 5.48. The largest absolute Gasteiger partial charge is 0.497 e. The van der Waals surface area contributed by atoms with Crippen LogP contribution < -0.4 is 4.74 Å². The van der Waals surface area contributed by atoms with Gasteiger partial charge in [-0.05, 0) is 51.1 Å². The molecule has 0 N–H and O–H groups in total. The van der Waals surface area contributed by atoms with E-state index in [1.165, 1.54) is 0 Å². The van der Waals surface area contributed by atoms with Crippen molar-refractivity contribution < 1.29 is 13.9 Å². The summed E-state index contributed by atoms with van der Waals surface area (Å²) < 4.78 is 11.3. The number of likely N-dealkylation sites (N-methyl/N-ethyl adjacent to an activating group) is 1. The number of rotatable bonds is 6. The third-order valence-electron chi connectivity index (χ3n) is 4.64. The Balaban J connectivity index is 1.73. The number of carbonyl (C=O) groups is 1. The van der Waals surface area contributed by atoms with Gasteiger partial charge in [-0.2, -0.15) is 0 Å². The highest BCUT2D eigenvalue weighted by molar-refractivity contribution is 5.78. The summed E-state index contributed by atoms with van der Waals surface area (Å²) >= 11 is 0. The molecule has 1 aliphatic heterocycles. The van der Waals surface area contributed by atoms with E-state index in [0.717, 1.165) is 42.9 Å². The number of ether oxygens (including phenoxy) is 1. The number of methoxy groups -OCH3 is 1. The highest BCUT2D eigenvalue weighted by Gasteiger charge is 2.31. The maximum atomic E-state index is 12.6. The number of likely N-dealkylation sites (tertiary alicyclic amines) is 1. The van der Waals surface area contributed by atoms with E-state index < -0.39 is 0 Å². The lowest BCUT2D eigenvalue weighted by Gasteiger charge is -2.34. The Morgan fingerprint density at radius 2 is 2.23 bits per heavy atom. The van der Waals surface area contributed by atoms with Crippen LogP contribution in [0.4, 0.5) is 0 Å². The van der Waals surface area contributed by atoms with Crippen molar-refractivity contribution in [1.29, 1.82) is 0 Å². The first-order valence-electron chi connectivity index (χ1n) is 9.08. The van der Waals surface area contributed by atoms with E-state index in [-0.39, 0.29) is 11.9 Å². The molecule has 3 rings (SSSR count). The molecule has 0 spiro atoms. The second kappa shape index (κ2) is 8.36. The second-order valence-electron chi connectivity index (χ2n) is 7.03. The van der Waals surface area contributed by atoms with Gasteiger partial charge in [0.25, 0.3) is 0 Å². The first kappa shape index (κ1) is 18.5. The summed E-state index contributed by atoms with van der Waals surface area (Å²) in [5.41, 5.74) is 1.11. The van der Waals surface area contributed by atoms with E-state index in [1.54, 1.807) is 13.3 Å². The molecule has 6 heteroatoms. The summed E-state index contributed by atoms with van der Waals surface area (Å²) in [4.78, 5) is 20.9. The first-order chi connectivity index (χ1) is 12.6. The molecular weight excluding hydrogens is 330 g/mol. The highest BCUT2D eigenvalue weighted by atomic mass is 16.5. The zero-order valence-corrected chi connectivity index (χ0v) is 15.8. The zero-order valence-electron chi connectivity index (χ0n) is 15.8. The van der Waals surface area contributed by atoms with Crippen LogP contribution in [-0.4, -0.2) is 55.0 Å². The Morgan fingerprint density at radius 3 is 3.00 bits per heavy atom. The van der Waals surface area contributed by atoms with Crippen molar-refractivity contribution in [3.63, 3.8) is 0 Å². The lowest BCUT2D eigenvalue weighted by molar-refractivity contribution is -0.136. The topological polar surface area (TPSA) is 58.8 Å². The number of hydrogen-bond acceptors (Lipinski definition) is 5. The maximum absolute atomic E-state index is 12.6. The number of amides is 1. The first-order valence-corrected chi connectivity index (χ1v) is 9.08. The summed E-state index contributed by atoms with van der Waals surface area (Å²) in [5, 5.41) is 0. The highest BCUT2D eigenvalue weighted by Crippen LogP contribution is 2.31. The fourth-order valence-electron chi connectivity index (χ4n) is 3.39. The van der Waals surface area contributed by atoms with Crippen LogP contribution in [0.3, 0.4) is 0 Å². The summed E-state index contributed by atoms with van der Waals surface area (Å²) in [5.74, 6) is 2.41. The van der Waals surface area contributed by atoms with Crippen molar-refractivity contribution in [2.24, 2.45) is 0 Å². The van der Waals surface area contributed by atoms with E-state index in [0.29, 0.717) is 18.9 Å². The molecule has 1 atom stereocenters. The predicted molar refractivity (Wildman–Crippen MR) is 99.2 cm³/mol. The van der Waals surface area contributed by atoms with Gasteiger partial charge in [-0.25, -0.2) is 4.98 Å². The lowest BCUT2D eigenvalue weighted by atomic mass is 10.0. The monoisotopic (exact) mass is 357 g/mol. The van der Waals surface area contributed by atoms with Crippen LogP contribution in [0.1, 0.15) is 42.5 Å².